The van der Waals surface area contributed by atoms with Gasteiger partial charge >= 0.3 is 5.97 Å². The molecule has 8 unspecified atom stereocenters. The summed E-state index contributed by atoms with van der Waals surface area (Å²) in [5, 5.41) is 3.38. The van der Waals surface area contributed by atoms with Crippen molar-refractivity contribution in [1.82, 2.24) is 5.32 Å². The fourth-order valence-corrected chi connectivity index (χ4v) is 10.2. The van der Waals surface area contributed by atoms with E-state index in [2.05, 4.69) is 65.2 Å². The molecule has 1 N–H and O–H groups in total. The summed E-state index contributed by atoms with van der Waals surface area (Å²) in [7, 11) is 0. The third-order valence-corrected chi connectivity index (χ3v) is 12.6. The number of hydrogen-bond acceptors (Lipinski definition) is 3. The van der Waals surface area contributed by atoms with E-state index in [4.69, 9.17) is 4.74 Å². The third-order valence-electron chi connectivity index (χ3n) is 12.6. The van der Waals surface area contributed by atoms with Crippen LogP contribution < -0.4 is 5.32 Å². The van der Waals surface area contributed by atoms with Crippen LogP contribution in [0, 0.1) is 46.3 Å². The minimum absolute atomic E-state index is 0.0246. The summed E-state index contributed by atoms with van der Waals surface area (Å²) in [5.74, 6) is 5.18. The van der Waals surface area contributed by atoms with Gasteiger partial charge in [0.2, 0.25) is 0 Å². The third kappa shape index (κ3) is 6.14. The molecular formula is C37H59NO2. The average molecular weight is 550 g/mol. The molecule has 3 heteroatoms. The maximum atomic E-state index is 12.8. The minimum atomic E-state index is -0.0246. The lowest BCUT2D eigenvalue weighted by atomic mass is 9.47. The first-order valence-corrected chi connectivity index (χ1v) is 17.1. The molecular weight excluding hydrogens is 490 g/mol. The molecule has 0 aromatic carbocycles. The van der Waals surface area contributed by atoms with E-state index in [9.17, 15) is 4.79 Å². The van der Waals surface area contributed by atoms with E-state index in [-0.39, 0.29) is 12.1 Å². The SMILES string of the molecule is CC1=CNC(CCC(=O)OC2CCC3(C)C(=CCC4C3CCC3(C)C(C(C)CCCC(C)C)CCC43)C2)=CCC1. The Bertz CT molecular complexity index is 1010. The van der Waals surface area contributed by atoms with E-state index < -0.39 is 0 Å². The zero-order chi connectivity index (χ0) is 28.5. The van der Waals surface area contributed by atoms with Gasteiger partial charge in [-0.2, -0.15) is 0 Å². The van der Waals surface area contributed by atoms with Crippen molar-refractivity contribution in [2.24, 2.45) is 46.3 Å². The Morgan fingerprint density at radius 3 is 2.67 bits per heavy atom. The number of rotatable bonds is 9. The summed E-state index contributed by atoms with van der Waals surface area (Å²) in [4.78, 5) is 12.8. The molecule has 0 aromatic heterocycles. The fraction of sp³-hybridized carbons (Fsp3) is 0.811. The van der Waals surface area contributed by atoms with Gasteiger partial charge in [0.05, 0.1) is 6.42 Å². The molecule has 8 atom stereocenters. The zero-order valence-corrected chi connectivity index (χ0v) is 26.7. The van der Waals surface area contributed by atoms with Crippen molar-refractivity contribution in [3.8, 4) is 0 Å². The number of fused-ring (bicyclic) bond motifs is 5. The van der Waals surface area contributed by atoms with Crippen molar-refractivity contribution in [1.29, 1.82) is 0 Å². The highest BCUT2D eigenvalue weighted by atomic mass is 16.5. The predicted molar refractivity (Wildman–Crippen MR) is 166 cm³/mol. The first kappa shape index (κ1) is 30.0. The summed E-state index contributed by atoms with van der Waals surface area (Å²) in [6.07, 6.45) is 24.8. The van der Waals surface area contributed by atoms with Crippen molar-refractivity contribution in [2.45, 2.75) is 144 Å². The fourth-order valence-electron chi connectivity index (χ4n) is 10.2. The highest BCUT2D eigenvalue weighted by molar-refractivity contribution is 5.70. The van der Waals surface area contributed by atoms with Crippen LogP contribution in [-0.2, 0) is 9.53 Å². The van der Waals surface area contributed by atoms with E-state index in [0.717, 1.165) is 73.3 Å². The van der Waals surface area contributed by atoms with Crippen LogP contribution in [0.15, 0.2) is 35.2 Å². The van der Waals surface area contributed by atoms with Crippen molar-refractivity contribution in [3.05, 3.63) is 35.2 Å². The van der Waals surface area contributed by atoms with Crippen LogP contribution in [0.1, 0.15) is 138 Å². The molecule has 5 aliphatic rings. The van der Waals surface area contributed by atoms with Crippen molar-refractivity contribution in [2.75, 3.05) is 0 Å². The largest absolute Gasteiger partial charge is 0.462 e. The molecule has 1 aliphatic heterocycles. The second kappa shape index (κ2) is 12.4. The Labute approximate surface area is 246 Å². The summed E-state index contributed by atoms with van der Waals surface area (Å²) in [6, 6.07) is 0. The smallest absolute Gasteiger partial charge is 0.306 e. The van der Waals surface area contributed by atoms with Gasteiger partial charge in [-0.1, -0.05) is 77.2 Å². The molecule has 0 spiro atoms. The molecule has 5 rings (SSSR count). The number of carbonyl (C=O) groups is 1. The van der Waals surface area contributed by atoms with E-state index in [1.807, 2.05) is 0 Å². The first-order valence-electron chi connectivity index (χ1n) is 17.1. The lowest BCUT2D eigenvalue weighted by molar-refractivity contribution is -0.151. The van der Waals surface area contributed by atoms with Gasteiger partial charge in [0.15, 0.2) is 0 Å². The van der Waals surface area contributed by atoms with E-state index in [1.165, 1.54) is 63.4 Å². The second-order valence-corrected chi connectivity index (χ2v) is 15.5. The Hall–Kier alpha value is -1.51. The van der Waals surface area contributed by atoms with Crippen LogP contribution in [-0.4, -0.2) is 12.1 Å². The highest BCUT2D eigenvalue weighted by Gasteiger charge is 2.59. The summed E-state index contributed by atoms with van der Waals surface area (Å²) in [5.41, 5.74) is 5.00. The van der Waals surface area contributed by atoms with Gasteiger partial charge in [-0.25, -0.2) is 0 Å². The second-order valence-electron chi connectivity index (χ2n) is 15.5. The molecule has 0 bridgehead atoms. The predicted octanol–water partition coefficient (Wildman–Crippen LogP) is 9.89. The van der Waals surface area contributed by atoms with E-state index in [1.54, 1.807) is 5.57 Å². The topological polar surface area (TPSA) is 38.3 Å². The van der Waals surface area contributed by atoms with Crippen LogP contribution in [0.25, 0.3) is 0 Å². The number of ether oxygens (including phenoxy) is 1. The summed E-state index contributed by atoms with van der Waals surface area (Å²) >= 11 is 0. The van der Waals surface area contributed by atoms with Crippen LogP contribution in [0.5, 0.6) is 0 Å². The van der Waals surface area contributed by atoms with Crippen molar-refractivity contribution < 1.29 is 9.53 Å². The standard InChI is InChI=1S/C37H59NO2/c1-25(2)9-7-11-27(4)32-16-17-33-31-15-13-28-23-30(19-21-36(28,5)34(31)20-22-37(32,33)6)40-35(39)18-14-29-12-8-10-26(3)24-38-29/h12-13,24-25,27,30-34,38H,7-11,14-23H2,1-6H3. The van der Waals surface area contributed by atoms with Crippen LogP contribution in [0.2, 0.25) is 0 Å². The van der Waals surface area contributed by atoms with Gasteiger partial charge in [0.1, 0.15) is 6.10 Å². The summed E-state index contributed by atoms with van der Waals surface area (Å²) in [6.45, 7) is 14.8. The lowest BCUT2D eigenvalue weighted by Gasteiger charge is -2.58. The normalized spacial score (nSPS) is 38.1. The van der Waals surface area contributed by atoms with Crippen LogP contribution in [0.4, 0.5) is 0 Å². The maximum Gasteiger partial charge on any atom is 0.306 e. The van der Waals surface area contributed by atoms with Crippen molar-refractivity contribution >= 4 is 5.97 Å². The number of esters is 1. The molecule has 224 valence electrons. The first-order chi connectivity index (χ1) is 19.1. The van der Waals surface area contributed by atoms with Gasteiger partial charge in [0.25, 0.3) is 0 Å². The number of hydrogen-bond donors (Lipinski definition) is 1. The maximum absolute atomic E-state index is 12.8. The molecule has 3 saturated carbocycles. The Kier molecular flexibility index (Phi) is 9.28. The Morgan fingerprint density at radius 2 is 1.88 bits per heavy atom. The molecule has 4 aliphatic carbocycles. The van der Waals surface area contributed by atoms with Crippen LogP contribution >= 0.6 is 0 Å². The van der Waals surface area contributed by atoms with Crippen LogP contribution in [0.3, 0.4) is 0 Å². The van der Waals surface area contributed by atoms with Crippen molar-refractivity contribution in [3.63, 3.8) is 0 Å². The van der Waals surface area contributed by atoms with Gasteiger partial charge in [-0.05, 0) is 124 Å². The molecule has 0 radical (unpaired) electrons. The van der Waals surface area contributed by atoms with Gasteiger partial charge in [-0.15, -0.1) is 0 Å². The van der Waals surface area contributed by atoms with Gasteiger partial charge in [-0.3, -0.25) is 4.79 Å². The van der Waals surface area contributed by atoms with Gasteiger partial charge < -0.3 is 10.1 Å². The number of carbonyl (C=O) groups excluding carboxylic acids is 1. The molecule has 3 fully saturated rings. The zero-order valence-electron chi connectivity index (χ0n) is 26.7. The minimum Gasteiger partial charge on any atom is -0.462 e. The quantitative estimate of drug-likeness (QED) is 0.230. The highest BCUT2D eigenvalue weighted by Crippen LogP contribution is 2.67. The molecule has 1 heterocycles. The molecule has 0 amide bonds. The van der Waals surface area contributed by atoms with E-state index in [0.29, 0.717) is 17.3 Å². The van der Waals surface area contributed by atoms with Gasteiger partial charge in [0, 0.05) is 12.1 Å². The molecule has 0 aromatic rings. The summed E-state index contributed by atoms with van der Waals surface area (Å²) < 4.78 is 6.09. The number of allylic oxidation sites excluding steroid dienone is 4. The van der Waals surface area contributed by atoms with E-state index >= 15 is 0 Å². The Morgan fingerprint density at radius 1 is 1.05 bits per heavy atom. The number of nitrogens with one attached hydrogen (secondary N) is 1. The molecule has 40 heavy (non-hydrogen) atoms. The molecule has 3 nitrogen and oxygen atoms in total. The Balaban J connectivity index is 1.17. The monoisotopic (exact) mass is 549 g/mol. The lowest BCUT2D eigenvalue weighted by Crippen LogP contribution is -2.51. The average Bonchev–Trinajstić information content (AvgIpc) is 3.13. The molecule has 0 saturated heterocycles.